The number of carbonyl (C=O) groups excluding carboxylic acids is 2. The summed E-state index contributed by atoms with van der Waals surface area (Å²) in [5.41, 5.74) is -0.0989. The van der Waals surface area contributed by atoms with Gasteiger partial charge in [0.15, 0.2) is 0 Å². The number of carboxylic acids is 1. The van der Waals surface area contributed by atoms with Gasteiger partial charge < -0.3 is 30.9 Å². The van der Waals surface area contributed by atoms with Gasteiger partial charge in [0.25, 0.3) is 0 Å². The molecule has 9 heteroatoms. The molecule has 1 aromatic carbocycles. The molecule has 9 nitrogen and oxygen atoms in total. The molecular weight excluding hydrogens is 570 g/mol. The number of urea groups is 1. The number of carboxylic acid groups (broad SMARTS) is 1. The molecule has 1 unspecified atom stereocenters. The van der Waals surface area contributed by atoms with Crippen LogP contribution < -0.4 is 16.0 Å². The lowest BCUT2D eigenvalue weighted by Crippen LogP contribution is -2.41. The predicted octanol–water partition coefficient (Wildman–Crippen LogP) is 7.60. The number of anilines is 1. The number of ether oxygens (including phenoxy) is 1. The zero-order valence-electron chi connectivity index (χ0n) is 26.8. The fraction of sp³-hybridized carbons (Fsp3) is 0.417. The number of benzene rings is 1. The average molecular weight is 622 g/mol. The van der Waals surface area contributed by atoms with Gasteiger partial charge in [-0.05, 0) is 76.0 Å². The molecule has 0 aliphatic heterocycles. The summed E-state index contributed by atoms with van der Waals surface area (Å²) in [4.78, 5) is 35.5. The van der Waals surface area contributed by atoms with Crippen molar-refractivity contribution in [3.8, 4) is 5.75 Å². The first-order valence-electron chi connectivity index (χ1n) is 15.8. The van der Waals surface area contributed by atoms with E-state index in [1.54, 1.807) is 0 Å². The Morgan fingerprint density at radius 3 is 1.84 bits per heavy atom. The van der Waals surface area contributed by atoms with E-state index in [1.807, 2.05) is 6.92 Å². The van der Waals surface area contributed by atoms with Gasteiger partial charge in [-0.3, -0.25) is 4.79 Å². The molecule has 0 saturated heterocycles. The minimum absolute atomic E-state index is 0.167. The van der Waals surface area contributed by atoms with Crippen LogP contribution in [0.25, 0.3) is 0 Å². The summed E-state index contributed by atoms with van der Waals surface area (Å²) in [7, 11) is 0. The highest BCUT2D eigenvalue weighted by molar-refractivity contribution is 5.95. The van der Waals surface area contributed by atoms with E-state index in [-0.39, 0.29) is 30.2 Å². The maximum Gasteiger partial charge on any atom is 0.339 e. The van der Waals surface area contributed by atoms with Crippen LogP contribution in [0.5, 0.6) is 5.75 Å². The van der Waals surface area contributed by atoms with Gasteiger partial charge >= 0.3 is 12.0 Å². The first kappa shape index (κ1) is 38.7. The van der Waals surface area contributed by atoms with Crippen LogP contribution in [0.4, 0.5) is 10.5 Å². The van der Waals surface area contributed by atoms with Gasteiger partial charge in [0.05, 0.1) is 0 Å². The standard InChI is InChI=1S/C36H51N3O6/c1-3-5-6-7-8-9-10-11-12-13-14-15-16-17-18-19-20-21-22-23-28-45-33(4-2)34(41)37-26-27-38-36(44)39-30-24-25-32(40)31(29-30)35(42)43/h5-6,8-9,11-12,14-15,17-18,20-21,24-25,29,33,40H,3-4,7,10,13,16,19,22-23,26-28H2,1-2H3,(H,37,41)(H,42,43)(H2,38,39,44)/b6-5-,9-8-,12-11-,15-14-,18-17-,21-20-. The van der Waals surface area contributed by atoms with Gasteiger partial charge in [0.2, 0.25) is 5.91 Å². The number of unbranched alkanes of at least 4 members (excludes halogenated alkanes) is 1. The summed E-state index contributed by atoms with van der Waals surface area (Å²) in [6.07, 6.45) is 33.6. The summed E-state index contributed by atoms with van der Waals surface area (Å²) in [5, 5.41) is 26.4. The summed E-state index contributed by atoms with van der Waals surface area (Å²) in [6, 6.07) is 3.16. The van der Waals surface area contributed by atoms with Gasteiger partial charge in [-0.25, -0.2) is 9.59 Å². The number of hydrogen-bond donors (Lipinski definition) is 5. The topological polar surface area (TPSA) is 137 Å². The number of rotatable bonds is 23. The van der Waals surface area contributed by atoms with Crippen LogP contribution in [0.15, 0.2) is 91.1 Å². The second-order valence-corrected chi connectivity index (χ2v) is 10.0. The van der Waals surface area contributed by atoms with Crippen molar-refractivity contribution in [3.63, 3.8) is 0 Å². The van der Waals surface area contributed by atoms with Gasteiger partial charge in [0.1, 0.15) is 17.4 Å². The Bertz CT molecular complexity index is 1180. The second-order valence-electron chi connectivity index (χ2n) is 10.0. The van der Waals surface area contributed by atoms with Gasteiger partial charge in [-0.1, -0.05) is 86.8 Å². The summed E-state index contributed by atoms with van der Waals surface area (Å²) >= 11 is 0. The van der Waals surface area contributed by atoms with E-state index in [0.717, 1.165) is 57.4 Å². The maximum atomic E-state index is 12.4. The van der Waals surface area contributed by atoms with Crippen molar-refractivity contribution in [1.82, 2.24) is 10.6 Å². The molecule has 0 aliphatic rings. The third-order valence-corrected chi connectivity index (χ3v) is 6.29. The highest BCUT2D eigenvalue weighted by Gasteiger charge is 2.16. The van der Waals surface area contributed by atoms with Crippen molar-refractivity contribution >= 4 is 23.6 Å². The van der Waals surface area contributed by atoms with Gasteiger partial charge in [0, 0.05) is 25.4 Å². The molecule has 0 fully saturated rings. The molecular formula is C36H51N3O6. The molecule has 0 bridgehead atoms. The Hall–Kier alpha value is -4.37. The van der Waals surface area contributed by atoms with Gasteiger partial charge in [-0.15, -0.1) is 0 Å². The molecule has 0 radical (unpaired) electrons. The molecule has 0 aromatic heterocycles. The predicted molar refractivity (Wildman–Crippen MR) is 183 cm³/mol. The average Bonchev–Trinajstić information content (AvgIpc) is 3.02. The Morgan fingerprint density at radius 1 is 0.778 bits per heavy atom. The molecule has 246 valence electrons. The third kappa shape index (κ3) is 20.3. The van der Waals surface area contributed by atoms with Crippen molar-refractivity contribution in [2.75, 3.05) is 25.0 Å². The smallest absolute Gasteiger partial charge is 0.339 e. The number of carbonyl (C=O) groups is 3. The maximum absolute atomic E-state index is 12.4. The zero-order valence-corrected chi connectivity index (χ0v) is 26.8. The summed E-state index contributed by atoms with van der Waals surface area (Å²) in [6.45, 7) is 4.87. The largest absolute Gasteiger partial charge is 0.507 e. The van der Waals surface area contributed by atoms with Crippen LogP contribution in [-0.4, -0.2) is 53.9 Å². The first-order chi connectivity index (χ1) is 21.9. The highest BCUT2D eigenvalue weighted by Crippen LogP contribution is 2.21. The van der Waals surface area contributed by atoms with Crippen molar-refractivity contribution in [3.05, 3.63) is 96.7 Å². The number of hydrogen-bond acceptors (Lipinski definition) is 5. The van der Waals surface area contributed by atoms with Crippen molar-refractivity contribution in [2.45, 2.75) is 77.7 Å². The number of phenols is 1. The summed E-state index contributed by atoms with van der Waals surface area (Å²) < 4.78 is 5.74. The van der Waals surface area contributed by atoms with Crippen LogP contribution in [-0.2, 0) is 9.53 Å². The number of nitrogens with one attached hydrogen (secondary N) is 3. The lowest BCUT2D eigenvalue weighted by Gasteiger charge is -2.16. The number of aromatic hydroxyl groups is 1. The Balaban J connectivity index is 2.10. The van der Waals surface area contributed by atoms with E-state index >= 15 is 0 Å². The Labute approximate surface area is 268 Å². The van der Waals surface area contributed by atoms with E-state index in [9.17, 15) is 19.5 Å². The lowest BCUT2D eigenvalue weighted by molar-refractivity contribution is -0.133. The molecule has 3 amide bonds. The Morgan fingerprint density at radius 2 is 1.31 bits per heavy atom. The van der Waals surface area contributed by atoms with Crippen LogP contribution >= 0.6 is 0 Å². The number of aromatic carboxylic acids is 1. The van der Waals surface area contributed by atoms with Crippen molar-refractivity contribution in [1.29, 1.82) is 0 Å². The molecule has 1 rings (SSSR count). The minimum atomic E-state index is -1.30. The quantitative estimate of drug-likeness (QED) is 0.0485. The van der Waals surface area contributed by atoms with E-state index in [4.69, 9.17) is 9.84 Å². The molecule has 1 atom stereocenters. The SMILES string of the molecule is CC/C=C\C/C=C\C/C=C\C/C=C\C/C=C\C/C=C\CCCOC(CC)C(=O)NCCNC(=O)Nc1ccc(O)c(C(=O)O)c1. The third-order valence-electron chi connectivity index (χ3n) is 6.29. The second kappa shape index (κ2) is 26.1. The minimum Gasteiger partial charge on any atom is -0.507 e. The molecule has 45 heavy (non-hydrogen) atoms. The van der Waals surface area contributed by atoms with E-state index in [1.165, 1.54) is 12.1 Å². The fourth-order valence-electron chi connectivity index (χ4n) is 3.88. The molecule has 0 heterocycles. The first-order valence-corrected chi connectivity index (χ1v) is 15.8. The van der Waals surface area contributed by atoms with Crippen LogP contribution in [0.3, 0.4) is 0 Å². The van der Waals surface area contributed by atoms with Crippen LogP contribution in [0.2, 0.25) is 0 Å². The fourth-order valence-corrected chi connectivity index (χ4v) is 3.88. The molecule has 1 aromatic rings. The van der Waals surface area contributed by atoms with E-state index in [2.05, 4.69) is 95.8 Å². The number of amides is 3. The highest BCUT2D eigenvalue weighted by atomic mass is 16.5. The number of allylic oxidation sites excluding steroid dienone is 12. The van der Waals surface area contributed by atoms with Crippen LogP contribution in [0, 0.1) is 0 Å². The molecule has 5 N–H and O–H groups in total. The Kier molecular flexibility index (Phi) is 22.4. The summed E-state index contributed by atoms with van der Waals surface area (Å²) in [5.74, 6) is -1.93. The van der Waals surface area contributed by atoms with Crippen molar-refractivity contribution in [2.24, 2.45) is 0 Å². The van der Waals surface area contributed by atoms with E-state index in [0.29, 0.717) is 13.0 Å². The van der Waals surface area contributed by atoms with E-state index < -0.39 is 23.9 Å². The monoisotopic (exact) mass is 621 g/mol. The molecule has 0 aliphatic carbocycles. The molecule has 0 saturated carbocycles. The van der Waals surface area contributed by atoms with Crippen LogP contribution in [0.1, 0.15) is 82.0 Å². The lowest BCUT2D eigenvalue weighted by atomic mass is 10.2. The van der Waals surface area contributed by atoms with Crippen molar-refractivity contribution < 1.29 is 29.3 Å². The normalized spacial score (nSPS) is 12.8. The van der Waals surface area contributed by atoms with Gasteiger partial charge in [-0.2, -0.15) is 0 Å². The zero-order chi connectivity index (χ0) is 33.0. The molecule has 0 spiro atoms.